The fraction of sp³-hybridized carbons (Fsp3) is 0.462. The van der Waals surface area contributed by atoms with Crippen LogP contribution in [0.3, 0.4) is 0 Å². The van der Waals surface area contributed by atoms with Crippen molar-refractivity contribution in [1.29, 1.82) is 0 Å². The van der Waals surface area contributed by atoms with Crippen molar-refractivity contribution >= 4 is 21.7 Å². The molecule has 0 fully saturated rings. The molecule has 0 N–H and O–H groups in total. The molecule has 0 aromatic heterocycles. The second-order valence-electron chi connectivity index (χ2n) is 3.77. The summed E-state index contributed by atoms with van der Waals surface area (Å²) in [5, 5.41) is 0.964. The Morgan fingerprint density at radius 3 is 2.76 bits per heavy atom. The van der Waals surface area contributed by atoms with Crippen LogP contribution in [0.1, 0.15) is 36.0 Å². The first kappa shape index (κ1) is 14.2. The monoisotopic (exact) mass is 302 g/mol. The first-order valence-electron chi connectivity index (χ1n) is 5.61. The molecule has 0 radical (unpaired) electrons. The third-order valence-corrected chi connectivity index (χ3v) is 3.07. The number of alkyl halides is 1. The van der Waals surface area contributed by atoms with Crippen molar-refractivity contribution in [2.45, 2.75) is 25.7 Å². The van der Waals surface area contributed by atoms with Gasteiger partial charge in [-0.3, -0.25) is 4.79 Å². The lowest BCUT2D eigenvalue weighted by atomic mass is 10.0. The number of hydrogen-bond acceptors (Lipinski definition) is 2. The average Bonchev–Trinajstić information content (AvgIpc) is 2.35. The molecule has 0 atom stereocenters. The molecule has 0 amide bonds. The molecule has 2 nitrogen and oxygen atoms in total. The van der Waals surface area contributed by atoms with Gasteiger partial charge in [-0.2, -0.15) is 0 Å². The maximum Gasteiger partial charge on any atom is 0.165 e. The van der Waals surface area contributed by atoms with Crippen LogP contribution in [0.15, 0.2) is 18.2 Å². The lowest BCUT2D eigenvalue weighted by Gasteiger charge is -2.05. The number of methoxy groups -OCH3 is 1. The molecule has 0 aliphatic rings. The number of rotatable bonds is 7. The van der Waals surface area contributed by atoms with E-state index in [2.05, 4.69) is 15.9 Å². The summed E-state index contributed by atoms with van der Waals surface area (Å²) in [5.74, 6) is -0.280. The number of Topliss-reactive ketones (excluding diaryl/α,β-unsaturated/α-hetero) is 1. The van der Waals surface area contributed by atoms with E-state index in [0.29, 0.717) is 12.0 Å². The van der Waals surface area contributed by atoms with Crippen molar-refractivity contribution in [1.82, 2.24) is 0 Å². The van der Waals surface area contributed by atoms with Crippen molar-refractivity contribution in [2.75, 3.05) is 12.4 Å². The lowest BCUT2D eigenvalue weighted by molar-refractivity contribution is 0.0979. The van der Waals surface area contributed by atoms with E-state index in [9.17, 15) is 9.18 Å². The van der Waals surface area contributed by atoms with Crippen LogP contribution >= 0.6 is 15.9 Å². The van der Waals surface area contributed by atoms with Crippen LogP contribution in [0.25, 0.3) is 0 Å². The highest BCUT2D eigenvalue weighted by Gasteiger charge is 2.09. The molecule has 94 valence electrons. The van der Waals surface area contributed by atoms with Gasteiger partial charge in [0.15, 0.2) is 17.3 Å². The second-order valence-corrected chi connectivity index (χ2v) is 4.57. The van der Waals surface area contributed by atoms with Gasteiger partial charge in [0, 0.05) is 17.3 Å². The molecule has 0 aliphatic heterocycles. The van der Waals surface area contributed by atoms with Gasteiger partial charge in [0.1, 0.15) is 0 Å². The molecule has 1 aromatic carbocycles. The number of carbonyl (C=O) groups excluding carboxylic acids is 1. The standard InChI is InChI=1S/C13H16BrFO2/c1-17-13-9-10(6-7-11(13)15)12(16)5-3-2-4-8-14/h6-7,9H,2-5,8H2,1H3. The normalized spacial score (nSPS) is 10.3. The van der Waals surface area contributed by atoms with Crippen LogP contribution in [0.5, 0.6) is 5.75 Å². The first-order valence-corrected chi connectivity index (χ1v) is 6.74. The Hall–Kier alpha value is -0.900. The number of halogens is 2. The number of carbonyl (C=O) groups is 1. The van der Waals surface area contributed by atoms with Crippen LogP contribution in [-0.2, 0) is 0 Å². The minimum atomic E-state index is -0.441. The molecule has 17 heavy (non-hydrogen) atoms. The van der Waals surface area contributed by atoms with E-state index in [4.69, 9.17) is 4.74 Å². The molecule has 1 aromatic rings. The highest BCUT2D eigenvalue weighted by Crippen LogP contribution is 2.19. The number of hydrogen-bond donors (Lipinski definition) is 0. The van der Waals surface area contributed by atoms with Crippen LogP contribution in [0.4, 0.5) is 4.39 Å². The Balaban J connectivity index is 2.57. The Labute approximate surface area is 109 Å². The predicted octanol–water partition coefficient (Wildman–Crippen LogP) is 3.97. The highest BCUT2D eigenvalue weighted by molar-refractivity contribution is 9.09. The summed E-state index contributed by atoms with van der Waals surface area (Å²) in [6.07, 6.45) is 3.46. The predicted molar refractivity (Wildman–Crippen MR) is 69.5 cm³/mol. The van der Waals surface area contributed by atoms with E-state index >= 15 is 0 Å². The summed E-state index contributed by atoms with van der Waals surface area (Å²) < 4.78 is 18.0. The van der Waals surface area contributed by atoms with E-state index in [1.807, 2.05) is 0 Å². The summed E-state index contributed by atoms with van der Waals surface area (Å²) in [7, 11) is 1.39. The molecule has 0 spiro atoms. The largest absolute Gasteiger partial charge is 0.494 e. The number of ether oxygens (including phenoxy) is 1. The Morgan fingerprint density at radius 2 is 2.12 bits per heavy atom. The summed E-state index contributed by atoms with van der Waals surface area (Å²) in [5.41, 5.74) is 0.516. The Bertz CT molecular complexity index is 380. The van der Waals surface area contributed by atoms with E-state index in [0.717, 1.165) is 24.6 Å². The van der Waals surface area contributed by atoms with E-state index in [1.165, 1.54) is 25.3 Å². The molecule has 0 bridgehead atoms. The van der Waals surface area contributed by atoms with Gasteiger partial charge in [0.2, 0.25) is 0 Å². The topological polar surface area (TPSA) is 26.3 Å². The van der Waals surface area contributed by atoms with Gasteiger partial charge in [-0.25, -0.2) is 4.39 Å². The molecule has 1 rings (SSSR count). The second kappa shape index (κ2) is 7.43. The number of benzene rings is 1. The molecule has 0 saturated carbocycles. The SMILES string of the molecule is COc1cc(C(=O)CCCCCBr)ccc1F. The fourth-order valence-electron chi connectivity index (χ4n) is 1.53. The third kappa shape index (κ3) is 4.46. The van der Waals surface area contributed by atoms with Gasteiger partial charge in [-0.05, 0) is 31.0 Å². The first-order chi connectivity index (χ1) is 8.19. The molecule has 0 unspecified atom stereocenters. The maximum atomic E-state index is 13.1. The van der Waals surface area contributed by atoms with Gasteiger partial charge in [-0.1, -0.05) is 22.4 Å². The van der Waals surface area contributed by atoms with Crippen LogP contribution in [0.2, 0.25) is 0 Å². The molecular weight excluding hydrogens is 287 g/mol. The number of ketones is 1. The molecule has 0 saturated heterocycles. The van der Waals surface area contributed by atoms with E-state index in [1.54, 1.807) is 0 Å². The summed E-state index contributed by atoms with van der Waals surface area (Å²) in [4.78, 5) is 11.8. The molecule has 0 aliphatic carbocycles. The van der Waals surface area contributed by atoms with Gasteiger partial charge in [0.25, 0.3) is 0 Å². The highest BCUT2D eigenvalue weighted by atomic mass is 79.9. The van der Waals surface area contributed by atoms with Crippen molar-refractivity contribution in [3.8, 4) is 5.75 Å². The zero-order valence-electron chi connectivity index (χ0n) is 9.84. The van der Waals surface area contributed by atoms with Crippen molar-refractivity contribution in [2.24, 2.45) is 0 Å². The Kier molecular flexibility index (Phi) is 6.19. The van der Waals surface area contributed by atoms with Gasteiger partial charge in [-0.15, -0.1) is 0 Å². The van der Waals surface area contributed by atoms with Crippen LogP contribution in [-0.4, -0.2) is 18.2 Å². The van der Waals surface area contributed by atoms with Gasteiger partial charge < -0.3 is 4.74 Å². The van der Waals surface area contributed by atoms with E-state index in [-0.39, 0.29) is 11.5 Å². The van der Waals surface area contributed by atoms with Gasteiger partial charge in [0.05, 0.1) is 7.11 Å². The quantitative estimate of drug-likeness (QED) is 0.433. The smallest absolute Gasteiger partial charge is 0.165 e. The fourth-order valence-corrected chi connectivity index (χ4v) is 1.93. The summed E-state index contributed by atoms with van der Waals surface area (Å²) >= 11 is 3.35. The van der Waals surface area contributed by atoms with Crippen LogP contribution in [0, 0.1) is 5.82 Å². The van der Waals surface area contributed by atoms with Crippen LogP contribution < -0.4 is 4.74 Å². The lowest BCUT2D eigenvalue weighted by Crippen LogP contribution is -2.00. The molecule has 0 heterocycles. The zero-order chi connectivity index (χ0) is 12.7. The minimum absolute atomic E-state index is 0.0397. The Morgan fingerprint density at radius 1 is 1.35 bits per heavy atom. The molecular formula is C13H16BrFO2. The maximum absolute atomic E-state index is 13.1. The van der Waals surface area contributed by atoms with Crippen molar-refractivity contribution < 1.29 is 13.9 Å². The van der Waals surface area contributed by atoms with Crippen molar-refractivity contribution in [3.63, 3.8) is 0 Å². The average molecular weight is 303 g/mol. The summed E-state index contributed by atoms with van der Waals surface area (Å²) in [6, 6.07) is 4.23. The molecule has 4 heteroatoms. The summed E-state index contributed by atoms with van der Waals surface area (Å²) in [6.45, 7) is 0. The van der Waals surface area contributed by atoms with Gasteiger partial charge >= 0.3 is 0 Å². The van der Waals surface area contributed by atoms with Crippen molar-refractivity contribution in [3.05, 3.63) is 29.6 Å². The van der Waals surface area contributed by atoms with E-state index < -0.39 is 5.82 Å². The minimum Gasteiger partial charge on any atom is -0.494 e. The number of unbranched alkanes of at least 4 members (excludes halogenated alkanes) is 2. The zero-order valence-corrected chi connectivity index (χ0v) is 11.4. The third-order valence-electron chi connectivity index (χ3n) is 2.51.